The highest BCUT2D eigenvalue weighted by Gasteiger charge is 2.25. The van der Waals surface area contributed by atoms with Crippen LogP contribution in [0.1, 0.15) is 48.1 Å². The first-order valence-electron chi connectivity index (χ1n) is 9.19. The minimum Gasteiger partial charge on any atom is -0.312 e. The summed E-state index contributed by atoms with van der Waals surface area (Å²) < 4.78 is 28.4. The molecule has 2 aromatic rings. The van der Waals surface area contributed by atoms with E-state index in [0.29, 0.717) is 13.0 Å². The molecule has 5 nitrogen and oxygen atoms in total. The third kappa shape index (κ3) is 4.06. The summed E-state index contributed by atoms with van der Waals surface area (Å²) in [5.74, 6) is 0.0928. The average molecular weight is 387 g/mol. The van der Waals surface area contributed by atoms with E-state index in [1.54, 1.807) is 23.1 Å². The number of hydrogen-bond donors (Lipinski definition) is 1. The standard InChI is InChI=1S/C21H26N2O3S/c1-14-7-8-18(12-15(14)2)17(4)22-27(25,26)19-9-10-20(16(3)13-19)23-11-5-6-21(23)24/h7-10,12-13,17,22H,5-6,11H2,1-4H3/t17-/m1/s1. The van der Waals surface area contributed by atoms with Crippen molar-refractivity contribution < 1.29 is 13.2 Å². The summed E-state index contributed by atoms with van der Waals surface area (Å²) >= 11 is 0. The Morgan fingerprint density at radius 3 is 2.33 bits per heavy atom. The number of carbonyl (C=O) groups is 1. The Balaban J connectivity index is 1.83. The van der Waals surface area contributed by atoms with Gasteiger partial charge in [0.05, 0.1) is 4.90 Å². The first kappa shape index (κ1) is 19.6. The number of amides is 1. The number of anilines is 1. The molecule has 1 atom stereocenters. The van der Waals surface area contributed by atoms with Gasteiger partial charge in [-0.1, -0.05) is 18.2 Å². The van der Waals surface area contributed by atoms with Crippen LogP contribution in [0.5, 0.6) is 0 Å². The lowest BCUT2D eigenvalue weighted by molar-refractivity contribution is -0.117. The molecule has 27 heavy (non-hydrogen) atoms. The predicted molar refractivity (Wildman–Crippen MR) is 107 cm³/mol. The molecule has 1 N–H and O–H groups in total. The van der Waals surface area contributed by atoms with E-state index < -0.39 is 10.0 Å². The lowest BCUT2D eigenvalue weighted by Gasteiger charge is -2.20. The zero-order chi connectivity index (χ0) is 19.8. The Kier molecular flexibility index (Phi) is 5.40. The highest BCUT2D eigenvalue weighted by atomic mass is 32.2. The Bertz CT molecular complexity index is 983. The number of rotatable bonds is 5. The molecule has 0 radical (unpaired) electrons. The van der Waals surface area contributed by atoms with Crippen LogP contribution in [0, 0.1) is 20.8 Å². The fraction of sp³-hybridized carbons (Fsp3) is 0.381. The normalized spacial score (nSPS) is 16.0. The molecule has 1 heterocycles. The van der Waals surface area contributed by atoms with Crippen LogP contribution in [0.25, 0.3) is 0 Å². The molecule has 1 fully saturated rings. The topological polar surface area (TPSA) is 66.5 Å². The van der Waals surface area contributed by atoms with Crippen LogP contribution in [0.2, 0.25) is 0 Å². The first-order valence-corrected chi connectivity index (χ1v) is 10.7. The Labute approximate surface area is 161 Å². The molecule has 1 aliphatic heterocycles. The molecule has 0 saturated carbocycles. The number of aryl methyl sites for hydroxylation is 3. The minimum atomic E-state index is -3.66. The summed E-state index contributed by atoms with van der Waals surface area (Å²) in [4.78, 5) is 13.9. The van der Waals surface area contributed by atoms with E-state index >= 15 is 0 Å². The predicted octanol–water partition coefficient (Wildman–Crippen LogP) is 3.78. The number of hydrogen-bond acceptors (Lipinski definition) is 3. The highest BCUT2D eigenvalue weighted by molar-refractivity contribution is 7.89. The van der Waals surface area contributed by atoms with Crippen molar-refractivity contribution in [1.82, 2.24) is 4.72 Å². The monoisotopic (exact) mass is 386 g/mol. The van der Waals surface area contributed by atoms with Gasteiger partial charge in [-0.3, -0.25) is 4.79 Å². The number of sulfonamides is 1. The lowest BCUT2D eigenvalue weighted by Crippen LogP contribution is -2.28. The second-order valence-corrected chi connectivity index (χ2v) is 9.00. The van der Waals surface area contributed by atoms with Gasteiger partial charge >= 0.3 is 0 Å². The Morgan fingerprint density at radius 2 is 1.74 bits per heavy atom. The quantitative estimate of drug-likeness (QED) is 0.850. The molecular formula is C21H26N2O3S. The molecule has 6 heteroatoms. The van der Waals surface area contributed by atoms with Gasteiger partial charge in [-0.05, 0) is 74.6 Å². The van der Waals surface area contributed by atoms with E-state index in [0.717, 1.165) is 28.8 Å². The number of benzene rings is 2. The van der Waals surface area contributed by atoms with Gasteiger partial charge in [-0.15, -0.1) is 0 Å². The molecule has 1 amide bonds. The largest absolute Gasteiger partial charge is 0.312 e. The van der Waals surface area contributed by atoms with Crippen molar-refractivity contribution >= 4 is 21.6 Å². The van der Waals surface area contributed by atoms with Gasteiger partial charge in [0, 0.05) is 24.7 Å². The van der Waals surface area contributed by atoms with Gasteiger partial charge in [0.1, 0.15) is 0 Å². The van der Waals surface area contributed by atoms with Gasteiger partial charge in [0.25, 0.3) is 0 Å². The molecule has 0 spiro atoms. The van der Waals surface area contributed by atoms with E-state index in [-0.39, 0.29) is 16.8 Å². The SMILES string of the molecule is Cc1ccc([C@@H](C)NS(=O)(=O)c2ccc(N3CCCC3=O)c(C)c2)cc1C. The minimum absolute atomic E-state index is 0.0928. The van der Waals surface area contributed by atoms with Crippen molar-refractivity contribution in [2.45, 2.75) is 51.5 Å². The summed E-state index contributed by atoms with van der Waals surface area (Å²) in [6.45, 7) is 8.41. The summed E-state index contributed by atoms with van der Waals surface area (Å²) in [7, 11) is -3.66. The zero-order valence-electron chi connectivity index (χ0n) is 16.2. The molecule has 1 aliphatic rings. The molecule has 0 bridgehead atoms. The molecular weight excluding hydrogens is 360 g/mol. The molecule has 1 saturated heterocycles. The second-order valence-electron chi connectivity index (χ2n) is 7.28. The van der Waals surface area contributed by atoms with E-state index in [1.807, 2.05) is 45.9 Å². The van der Waals surface area contributed by atoms with Crippen LogP contribution in [0.15, 0.2) is 41.3 Å². The number of nitrogens with zero attached hydrogens (tertiary/aromatic N) is 1. The van der Waals surface area contributed by atoms with E-state index in [4.69, 9.17) is 0 Å². The maximum Gasteiger partial charge on any atom is 0.241 e. The molecule has 3 rings (SSSR count). The third-order valence-electron chi connectivity index (χ3n) is 5.21. The van der Waals surface area contributed by atoms with E-state index in [1.165, 1.54) is 5.56 Å². The number of nitrogens with one attached hydrogen (secondary N) is 1. The van der Waals surface area contributed by atoms with Crippen LogP contribution in [-0.2, 0) is 14.8 Å². The second kappa shape index (κ2) is 7.44. The van der Waals surface area contributed by atoms with Crippen molar-refractivity contribution in [1.29, 1.82) is 0 Å². The van der Waals surface area contributed by atoms with Crippen LogP contribution >= 0.6 is 0 Å². The lowest BCUT2D eigenvalue weighted by atomic mass is 10.0. The van der Waals surface area contributed by atoms with Gasteiger partial charge in [0.2, 0.25) is 15.9 Å². The first-order chi connectivity index (χ1) is 12.7. The van der Waals surface area contributed by atoms with Crippen molar-refractivity contribution in [2.24, 2.45) is 0 Å². The number of carbonyl (C=O) groups excluding carboxylic acids is 1. The fourth-order valence-corrected chi connectivity index (χ4v) is 4.72. The summed E-state index contributed by atoms with van der Waals surface area (Å²) in [6, 6.07) is 10.6. The van der Waals surface area contributed by atoms with Gasteiger partial charge in [-0.2, -0.15) is 0 Å². The van der Waals surface area contributed by atoms with Crippen LogP contribution in [0.3, 0.4) is 0 Å². The molecule has 0 aromatic heterocycles. The summed E-state index contributed by atoms with van der Waals surface area (Å²) in [5, 5.41) is 0. The van der Waals surface area contributed by atoms with Crippen LogP contribution in [0.4, 0.5) is 5.69 Å². The fourth-order valence-electron chi connectivity index (χ4n) is 3.40. The molecule has 0 unspecified atom stereocenters. The Morgan fingerprint density at radius 1 is 1.00 bits per heavy atom. The average Bonchev–Trinajstić information content (AvgIpc) is 3.02. The molecule has 2 aromatic carbocycles. The zero-order valence-corrected chi connectivity index (χ0v) is 17.1. The maximum absolute atomic E-state index is 12.8. The van der Waals surface area contributed by atoms with Crippen molar-refractivity contribution in [3.8, 4) is 0 Å². The summed E-state index contributed by atoms with van der Waals surface area (Å²) in [5.41, 5.74) is 4.81. The third-order valence-corrected chi connectivity index (χ3v) is 6.74. The van der Waals surface area contributed by atoms with Crippen LogP contribution < -0.4 is 9.62 Å². The summed E-state index contributed by atoms with van der Waals surface area (Å²) in [6.07, 6.45) is 1.39. The van der Waals surface area contributed by atoms with Gasteiger partial charge < -0.3 is 4.90 Å². The van der Waals surface area contributed by atoms with E-state index in [2.05, 4.69) is 4.72 Å². The van der Waals surface area contributed by atoms with Gasteiger partial charge in [0.15, 0.2) is 0 Å². The van der Waals surface area contributed by atoms with Crippen LogP contribution in [-0.4, -0.2) is 20.9 Å². The van der Waals surface area contributed by atoms with Crippen molar-refractivity contribution in [3.05, 3.63) is 58.7 Å². The van der Waals surface area contributed by atoms with Gasteiger partial charge in [-0.25, -0.2) is 13.1 Å². The molecule has 0 aliphatic carbocycles. The smallest absolute Gasteiger partial charge is 0.241 e. The Hall–Kier alpha value is -2.18. The maximum atomic E-state index is 12.8. The highest BCUT2D eigenvalue weighted by Crippen LogP contribution is 2.28. The van der Waals surface area contributed by atoms with E-state index in [9.17, 15) is 13.2 Å². The molecule has 144 valence electrons. The van der Waals surface area contributed by atoms with Crippen molar-refractivity contribution in [2.75, 3.05) is 11.4 Å². The van der Waals surface area contributed by atoms with Crippen molar-refractivity contribution in [3.63, 3.8) is 0 Å².